The van der Waals surface area contributed by atoms with Crippen molar-refractivity contribution < 1.29 is 28.2 Å². The third kappa shape index (κ3) is 4.12. The van der Waals surface area contributed by atoms with E-state index in [1.807, 2.05) is 0 Å². The Morgan fingerprint density at radius 1 is 1.20 bits per heavy atom. The molecule has 1 saturated heterocycles. The molecule has 3 rings (SSSR count). The number of amides is 1. The number of carbonyl (C=O) groups is 1. The van der Waals surface area contributed by atoms with Crippen molar-refractivity contribution in [2.45, 2.75) is 18.6 Å². The van der Waals surface area contributed by atoms with Crippen LogP contribution >= 0.6 is 0 Å². The summed E-state index contributed by atoms with van der Waals surface area (Å²) in [6, 6.07) is 9.38. The Kier molecular flexibility index (Phi) is 5.25. The number of ether oxygens (including phenoxy) is 2. The first-order valence-electron chi connectivity index (χ1n) is 7.83. The first-order chi connectivity index (χ1) is 12.0. The summed E-state index contributed by atoms with van der Waals surface area (Å²) >= 11 is 0. The molecule has 1 aliphatic rings. The van der Waals surface area contributed by atoms with Crippen LogP contribution in [-0.4, -0.2) is 36.4 Å². The zero-order chi connectivity index (χ0) is 17.8. The number of benzene rings is 2. The molecule has 2 atom stereocenters. The summed E-state index contributed by atoms with van der Waals surface area (Å²) in [5.74, 6) is -2.98. The number of hydrogen-bond donors (Lipinski definition) is 2. The minimum atomic E-state index is -0.991. The topological polar surface area (TPSA) is 67.8 Å². The fourth-order valence-electron chi connectivity index (χ4n) is 2.51. The minimum Gasteiger partial charge on any atom is -0.451 e. The molecule has 25 heavy (non-hydrogen) atoms. The molecule has 0 bridgehead atoms. The van der Waals surface area contributed by atoms with Gasteiger partial charge < -0.3 is 19.9 Å². The fraction of sp³-hybridized carbons (Fsp3) is 0.278. The molecule has 1 amide bonds. The molecule has 0 spiro atoms. The van der Waals surface area contributed by atoms with Crippen molar-refractivity contribution in [1.29, 1.82) is 0 Å². The zero-order valence-corrected chi connectivity index (χ0v) is 13.2. The van der Waals surface area contributed by atoms with E-state index < -0.39 is 35.4 Å². The molecule has 0 saturated carbocycles. The Balaban J connectivity index is 1.76. The highest BCUT2D eigenvalue weighted by atomic mass is 19.1. The van der Waals surface area contributed by atoms with Crippen molar-refractivity contribution in [3.63, 3.8) is 0 Å². The average molecular weight is 349 g/mol. The van der Waals surface area contributed by atoms with Gasteiger partial charge in [0.15, 0.2) is 17.4 Å². The number of nitrogens with one attached hydrogen (secondary N) is 1. The summed E-state index contributed by atoms with van der Waals surface area (Å²) in [4.78, 5) is 12.2. The number of para-hydroxylation sites is 1. The SMILES string of the molecule is O=C(N[C@@H]1COCC[C@H]1O)c1cc(F)c(Oc2ccccc2)c(F)c1. The monoisotopic (exact) mass is 349 g/mol. The zero-order valence-electron chi connectivity index (χ0n) is 13.2. The summed E-state index contributed by atoms with van der Waals surface area (Å²) in [6.45, 7) is 0.551. The lowest BCUT2D eigenvalue weighted by Gasteiger charge is -2.28. The van der Waals surface area contributed by atoms with Gasteiger partial charge >= 0.3 is 0 Å². The molecule has 5 nitrogen and oxygen atoms in total. The van der Waals surface area contributed by atoms with Gasteiger partial charge in [-0.15, -0.1) is 0 Å². The predicted octanol–water partition coefficient (Wildman–Crippen LogP) is 2.64. The van der Waals surface area contributed by atoms with Gasteiger partial charge in [0, 0.05) is 12.2 Å². The largest absolute Gasteiger partial charge is 0.451 e. The van der Waals surface area contributed by atoms with Crippen LogP contribution in [0.5, 0.6) is 11.5 Å². The number of carbonyl (C=O) groups excluding carboxylic acids is 1. The number of hydrogen-bond acceptors (Lipinski definition) is 4. The summed E-state index contributed by atoms with van der Waals surface area (Å²) in [7, 11) is 0. The van der Waals surface area contributed by atoms with Gasteiger partial charge in [-0.2, -0.15) is 0 Å². The molecule has 0 aromatic heterocycles. The molecule has 0 radical (unpaired) electrons. The Morgan fingerprint density at radius 3 is 2.52 bits per heavy atom. The number of halogens is 2. The number of aliphatic hydroxyl groups is 1. The van der Waals surface area contributed by atoms with Crippen LogP contribution in [-0.2, 0) is 4.74 Å². The Morgan fingerprint density at radius 2 is 1.88 bits per heavy atom. The lowest BCUT2D eigenvalue weighted by Crippen LogP contribution is -2.49. The molecule has 0 unspecified atom stereocenters. The van der Waals surface area contributed by atoms with E-state index in [0.29, 0.717) is 13.0 Å². The Hall–Kier alpha value is -2.51. The first kappa shape index (κ1) is 17.3. The van der Waals surface area contributed by atoms with E-state index in [9.17, 15) is 18.7 Å². The van der Waals surface area contributed by atoms with E-state index in [-0.39, 0.29) is 17.9 Å². The van der Waals surface area contributed by atoms with E-state index in [1.54, 1.807) is 30.3 Å². The van der Waals surface area contributed by atoms with Gasteiger partial charge in [0.25, 0.3) is 5.91 Å². The standard InChI is InChI=1S/C18H17F2NO4/c19-13-8-11(18(23)21-15-10-24-7-6-16(15)22)9-14(20)17(13)25-12-4-2-1-3-5-12/h1-5,8-9,15-16,22H,6-7,10H2,(H,21,23)/t15-,16-/m1/s1. The van der Waals surface area contributed by atoms with Crippen LogP contribution in [0.3, 0.4) is 0 Å². The first-order valence-corrected chi connectivity index (χ1v) is 7.83. The Bertz CT molecular complexity index is 731. The highest BCUT2D eigenvalue weighted by Gasteiger charge is 2.26. The maximum atomic E-state index is 14.2. The summed E-state index contributed by atoms with van der Waals surface area (Å²) in [5.41, 5.74) is -0.201. The van der Waals surface area contributed by atoms with E-state index >= 15 is 0 Å². The van der Waals surface area contributed by atoms with Crippen LogP contribution in [0.15, 0.2) is 42.5 Å². The van der Waals surface area contributed by atoms with Gasteiger partial charge in [0.2, 0.25) is 0 Å². The molecule has 132 valence electrons. The molecule has 7 heteroatoms. The second-order valence-corrected chi connectivity index (χ2v) is 5.70. The van der Waals surface area contributed by atoms with Crippen molar-refractivity contribution in [3.8, 4) is 11.5 Å². The van der Waals surface area contributed by atoms with E-state index in [0.717, 1.165) is 12.1 Å². The highest BCUT2D eigenvalue weighted by molar-refractivity contribution is 5.94. The minimum absolute atomic E-state index is 0.146. The van der Waals surface area contributed by atoms with Gasteiger partial charge in [-0.1, -0.05) is 18.2 Å². The Labute approximate surface area is 143 Å². The van der Waals surface area contributed by atoms with E-state index in [1.165, 1.54) is 0 Å². The van der Waals surface area contributed by atoms with Crippen molar-refractivity contribution in [3.05, 3.63) is 59.7 Å². The lowest BCUT2D eigenvalue weighted by atomic mass is 10.1. The summed E-state index contributed by atoms with van der Waals surface area (Å²) < 4.78 is 38.8. The fourth-order valence-corrected chi connectivity index (χ4v) is 2.51. The number of aliphatic hydroxyl groups excluding tert-OH is 1. The second-order valence-electron chi connectivity index (χ2n) is 5.70. The molecule has 2 aromatic rings. The van der Waals surface area contributed by atoms with Crippen molar-refractivity contribution in [2.75, 3.05) is 13.2 Å². The van der Waals surface area contributed by atoms with E-state index in [4.69, 9.17) is 9.47 Å². The van der Waals surface area contributed by atoms with Gasteiger partial charge in [-0.3, -0.25) is 4.79 Å². The molecule has 1 fully saturated rings. The molecular weight excluding hydrogens is 332 g/mol. The third-order valence-electron chi connectivity index (χ3n) is 3.86. The van der Waals surface area contributed by atoms with Crippen LogP contribution in [0.2, 0.25) is 0 Å². The maximum absolute atomic E-state index is 14.2. The molecule has 0 aliphatic carbocycles. The highest BCUT2D eigenvalue weighted by Crippen LogP contribution is 2.28. The normalized spacial score (nSPS) is 20.1. The average Bonchev–Trinajstić information content (AvgIpc) is 2.61. The predicted molar refractivity (Wildman–Crippen MR) is 85.6 cm³/mol. The van der Waals surface area contributed by atoms with Crippen molar-refractivity contribution >= 4 is 5.91 Å². The quantitative estimate of drug-likeness (QED) is 0.890. The molecule has 1 heterocycles. The van der Waals surface area contributed by atoms with Gasteiger partial charge in [0.05, 0.1) is 18.8 Å². The molecule has 2 N–H and O–H groups in total. The van der Waals surface area contributed by atoms with Crippen LogP contribution in [0.4, 0.5) is 8.78 Å². The molecule has 1 aliphatic heterocycles. The third-order valence-corrected chi connectivity index (χ3v) is 3.86. The molecule has 2 aromatic carbocycles. The molecular formula is C18H17F2NO4. The lowest BCUT2D eigenvalue weighted by molar-refractivity contribution is -0.0140. The van der Waals surface area contributed by atoms with Crippen molar-refractivity contribution in [1.82, 2.24) is 5.32 Å². The van der Waals surface area contributed by atoms with Crippen LogP contribution in [0.1, 0.15) is 16.8 Å². The second kappa shape index (κ2) is 7.58. The van der Waals surface area contributed by atoms with Crippen LogP contribution in [0, 0.1) is 11.6 Å². The maximum Gasteiger partial charge on any atom is 0.251 e. The summed E-state index contributed by atoms with van der Waals surface area (Å²) in [5, 5.41) is 12.3. The van der Waals surface area contributed by atoms with Crippen LogP contribution < -0.4 is 10.1 Å². The van der Waals surface area contributed by atoms with Gasteiger partial charge in [-0.25, -0.2) is 8.78 Å². The summed E-state index contributed by atoms with van der Waals surface area (Å²) in [6.07, 6.45) is -0.370. The van der Waals surface area contributed by atoms with Gasteiger partial charge in [0.1, 0.15) is 5.75 Å². The van der Waals surface area contributed by atoms with Gasteiger partial charge in [-0.05, 0) is 30.7 Å². The smallest absolute Gasteiger partial charge is 0.251 e. The number of rotatable bonds is 4. The van der Waals surface area contributed by atoms with Crippen LogP contribution in [0.25, 0.3) is 0 Å². The van der Waals surface area contributed by atoms with Crippen molar-refractivity contribution in [2.24, 2.45) is 0 Å². The van der Waals surface area contributed by atoms with E-state index in [2.05, 4.69) is 5.32 Å².